The fourth-order valence-electron chi connectivity index (χ4n) is 2.49. The van der Waals surface area contributed by atoms with E-state index in [1.165, 1.54) is 11.8 Å². The fourth-order valence-corrected chi connectivity index (χ4v) is 3.22. The highest BCUT2D eigenvalue weighted by molar-refractivity contribution is 7.99. The van der Waals surface area contributed by atoms with Crippen LogP contribution < -0.4 is 10.6 Å². The Morgan fingerprint density at radius 2 is 1.85 bits per heavy atom. The molecule has 0 saturated heterocycles. The first-order chi connectivity index (χ1) is 12.8. The normalized spacial score (nSPS) is 12.0. The number of thioether (sulfide) groups is 1. The lowest BCUT2D eigenvalue weighted by atomic mass is 10.0. The van der Waals surface area contributed by atoms with E-state index in [1.807, 2.05) is 24.7 Å². The van der Waals surface area contributed by atoms with Crippen LogP contribution >= 0.6 is 11.8 Å². The second kappa shape index (κ2) is 10.2. The van der Waals surface area contributed by atoms with E-state index in [2.05, 4.69) is 29.5 Å². The minimum Gasteiger partial charge on any atom is -0.350 e. The van der Waals surface area contributed by atoms with Gasteiger partial charge < -0.3 is 15.2 Å². The first-order valence-electron chi connectivity index (χ1n) is 9.16. The second-order valence-corrected chi connectivity index (χ2v) is 8.02. The van der Waals surface area contributed by atoms with E-state index < -0.39 is 0 Å². The summed E-state index contributed by atoms with van der Waals surface area (Å²) >= 11 is 1.38. The number of aromatic nitrogens is 2. The number of benzene rings is 1. The Hall–Kier alpha value is -2.28. The molecule has 7 heteroatoms. The largest absolute Gasteiger partial charge is 0.350 e. The maximum Gasteiger partial charge on any atom is 0.251 e. The van der Waals surface area contributed by atoms with Crippen molar-refractivity contribution in [3.63, 3.8) is 0 Å². The molecule has 0 radical (unpaired) electrons. The summed E-state index contributed by atoms with van der Waals surface area (Å²) in [5.74, 6) is 0.709. The summed E-state index contributed by atoms with van der Waals surface area (Å²) in [4.78, 5) is 28.5. The van der Waals surface area contributed by atoms with E-state index in [9.17, 15) is 9.59 Å². The zero-order valence-electron chi connectivity index (χ0n) is 16.4. The molecular weight excluding hydrogens is 360 g/mol. The third-order valence-electron chi connectivity index (χ3n) is 4.09. The van der Waals surface area contributed by atoms with Crippen LogP contribution in [0.3, 0.4) is 0 Å². The molecule has 0 aliphatic heterocycles. The molecular formula is C20H28N4O2S. The van der Waals surface area contributed by atoms with Crippen LogP contribution in [0.4, 0.5) is 5.69 Å². The molecule has 0 bridgehead atoms. The Morgan fingerprint density at radius 3 is 2.44 bits per heavy atom. The number of anilines is 1. The van der Waals surface area contributed by atoms with Crippen molar-refractivity contribution in [3.8, 4) is 0 Å². The molecule has 0 unspecified atom stereocenters. The number of carbonyl (C=O) groups is 2. The van der Waals surface area contributed by atoms with Gasteiger partial charge in [0.05, 0.1) is 5.75 Å². The lowest BCUT2D eigenvalue weighted by molar-refractivity contribution is -0.113. The SMILES string of the molecule is CC(C)CC[C@@H](C)NC(=O)c1ccc(NC(=O)CSc2nccn2C)cc1. The Bertz CT molecular complexity index is 756. The molecule has 0 saturated carbocycles. The van der Waals surface area contributed by atoms with Gasteiger partial charge in [-0.2, -0.15) is 0 Å². The Kier molecular flexibility index (Phi) is 7.91. The highest BCUT2D eigenvalue weighted by Gasteiger charge is 2.11. The number of nitrogens with one attached hydrogen (secondary N) is 2. The average Bonchev–Trinajstić information content (AvgIpc) is 3.03. The maximum absolute atomic E-state index is 12.3. The minimum atomic E-state index is -0.109. The van der Waals surface area contributed by atoms with Crippen LogP contribution in [0.5, 0.6) is 0 Å². The minimum absolute atomic E-state index is 0.0885. The lowest BCUT2D eigenvalue weighted by Crippen LogP contribution is -2.32. The molecule has 6 nitrogen and oxygen atoms in total. The molecule has 0 aliphatic carbocycles. The van der Waals surface area contributed by atoms with Gasteiger partial charge in [-0.05, 0) is 49.9 Å². The predicted octanol–water partition coefficient (Wildman–Crippen LogP) is 3.71. The smallest absolute Gasteiger partial charge is 0.251 e. The van der Waals surface area contributed by atoms with Crippen molar-refractivity contribution >= 4 is 29.3 Å². The number of hydrogen-bond donors (Lipinski definition) is 2. The molecule has 27 heavy (non-hydrogen) atoms. The Labute approximate surface area is 165 Å². The zero-order chi connectivity index (χ0) is 19.8. The van der Waals surface area contributed by atoms with Crippen molar-refractivity contribution in [1.82, 2.24) is 14.9 Å². The standard InChI is InChI=1S/C20H28N4O2S/c1-14(2)5-6-15(3)22-19(26)16-7-9-17(10-8-16)23-18(25)13-27-20-21-11-12-24(20)4/h7-12,14-15H,5-6,13H2,1-4H3,(H,22,26)(H,23,25)/t15-/m1/s1. The topological polar surface area (TPSA) is 76.0 Å². The van der Waals surface area contributed by atoms with Crippen LogP contribution in [0.2, 0.25) is 0 Å². The second-order valence-electron chi connectivity index (χ2n) is 7.08. The summed E-state index contributed by atoms with van der Waals surface area (Å²) in [6.07, 6.45) is 5.59. The van der Waals surface area contributed by atoms with Crippen LogP contribution in [0.15, 0.2) is 41.8 Å². The van der Waals surface area contributed by atoms with Crippen LogP contribution in [0, 0.1) is 5.92 Å². The third kappa shape index (κ3) is 7.09. The number of carbonyl (C=O) groups excluding carboxylic acids is 2. The molecule has 2 aromatic rings. The van der Waals surface area contributed by atoms with Gasteiger partial charge in [-0.1, -0.05) is 25.6 Å². The zero-order valence-corrected chi connectivity index (χ0v) is 17.2. The Balaban J connectivity index is 1.80. The summed E-state index contributed by atoms with van der Waals surface area (Å²) in [5.41, 5.74) is 1.26. The van der Waals surface area contributed by atoms with Crippen molar-refractivity contribution in [2.45, 2.75) is 44.8 Å². The summed E-state index contributed by atoms with van der Waals surface area (Å²) in [6, 6.07) is 7.09. The molecule has 1 aromatic heterocycles. The molecule has 2 N–H and O–H groups in total. The molecule has 2 amide bonds. The van der Waals surface area contributed by atoms with E-state index >= 15 is 0 Å². The van der Waals surface area contributed by atoms with Gasteiger partial charge in [0.15, 0.2) is 5.16 Å². The van der Waals surface area contributed by atoms with Crippen LogP contribution in [0.1, 0.15) is 44.0 Å². The number of aryl methyl sites for hydroxylation is 1. The monoisotopic (exact) mass is 388 g/mol. The highest BCUT2D eigenvalue weighted by Crippen LogP contribution is 2.16. The van der Waals surface area contributed by atoms with Gasteiger partial charge in [0.25, 0.3) is 5.91 Å². The quantitative estimate of drug-likeness (QED) is 0.642. The number of hydrogen-bond acceptors (Lipinski definition) is 4. The molecule has 2 rings (SSSR count). The number of amides is 2. The van der Waals surface area contributed by atoms with Crippen molar-refractivity contribution in [3.05, 3.63) is 42.2 Å². The van der Waals surface area contributed by atoms with Crippen LogP contribution in [-0.2, 0) is 11.8 Å². The Morgan fingerprint density at radius 1 is 1.15 bits per heavy atom. The van der Waals surface area contributed by atoms with Gasteiger partial charge in [0.2, 0.25) is 5.91 Å². The third-order valence-corrected chi connectivity index (χ3v) is 5.15. The van der Waals surface area contributed by atoms with Crippen molar-refractivity contribution < 1.29 is 9.59 Å². The van der Waals surface area contributed by atoms with Crippen molar-refractivity contribution in [1.29, 1.82) is 0 Å². The molecule has 1 aromatic carbocycles. The summed E-state index contributed by atoms with van der Waals surface area (Å²) in [6.45, 7) is 6.38. The average molecular weight is 389 g/mol. The predicted molar refractivity (Wildman–Crippen MR) is 110 cm³/mol. The fraction of sp³-hybridized carbons (Fsp3) is 0.450. The summed E-state index contributed by atoms with van der Waals surface area (Å²) in [5, 5.41) is 6.64. The van der Waals surface area contributed by atoms with Gasteiger partial charge in [0, 0.05) is 36.7 Å². The lowest BCUT2D eigenvalue weighted by Gasteiger charge is -2.15. The molecule has 0 aliphatic rings. The maximum atomic E-state index is 12.3. The van der Waals surface area contributed by atoms with Gasteiger partial charge in [0.1, 0.15) is 0 Å². The van der Waals surface area contributed by atoms with Crippen molar-refractivity contribution in [2.75, 3.05) is 11.1 Å². The highest BCUT2D eigenvalue weighted by atomic mass is 32.2. The number of nitrogens with zero attached hydrogens (tertiary/aromatic N) is 2. The molecule has 0 fully saturated rings. The van der Waals surface area contributed by atoms with E-state index in [1.54, 1.807) is 30.5 Å². The first-order valence-corrected chi connectivity index (χ1v) is 10.1. The summed E-state index contributed by atoms with van der Waals surface area (Å²) < 4.78 is 1.87. The molecule has 1 heterocycles. The van der Waals surface area contributed by atoms with Crippen LogP contribution in [-0.4, -0.2) is 33.2 Å². The van der Waals surface area contributed by atoms with Crippen molar-refractivity contribution in [2.24, 2.45) is 13.0 Å². The molecule has 146 valence electrons. The summed E-state index contributed by atoms with van der Waals surface area (Å²) in [7, 11) is 1.89. The molecule has 1 atom stereocenters. The van der Waals surface area contributed by atoms with Gasteiger partial charge in [-0.3, -0.25) is 9.59 Å². The van der Waals surface area contributed by atoms with Gasteiger partial charge >= 0.3 is 0 Å². The van der Waals surface area contributed by atoms with E-state index in [-0.39, 0.29) is 23.6 Å². The first kappa shape index (κ1) is 21.0. The van der Waals surface area contributed by atoms with E-state index in [0.29, 0.717) is 17.2 Å². The molecule has 0 spiro atoms. The van der Waals surface area contributed by atoms with Gasteiger partial charge in [-0.15, -0.1) is 0 Å². The van der Waals surface area contributed by atoms with E-state index in [4.69, 9.17) is 0 Å². The van der Waals surface area contributed by atoms with Crippen LogP contribution in [0.25, 0.3) is 0 Å². The van der Waals surface area contributed by atoms with E-state index in [0.717, 1.165) is 18.0 Å². The number of rotatable bonds is 9. The number of imidazole rings is 1. The van der Waals surface area contributed by atoms with Gasteiger partial charge in [-0.25, -0.2) is 4.98 Å².